The van der Waals surface area contributed by atoms with Gasteiger partial charge in [0.1, 0.15) is 12.4 Å². The van der Waals surface area contributed by atoms with Crippen LogP contribution >= 0.6 is 0 Å². The summed E-state index contributed by atoms with van der Waals surface area (Å²) >= 11 is 0. The number of carbonyl (C=O) groups is 2. The molecule has 1 aliphatic carbocycles. The summed E-state index contributed by atoms with van der Waals surface area (Å²) in [5, 5.41) is 0. The molecule has 29 heavy (non-hydrogen) atoms. The van der Waals surface area contributed by atoms with Crippen LogP contribution in [0.5, 0.6) is 0 Å². The van der Waals surface area contributed by atoms with Gasteiger partial charge in [0.15, 0.2) is 0 Å². The first-order chi connectivity index (χ1) is 13.7. The third-order valence-electron chi connectivity index (χ3n) is 5.48. The number of rotatable bonds is 3. The predicted octanol–water partition coefficient (Wildman–Crippen LogP) is 3.69. The number of alkyl halides is 3. The van der Waals surface area contributed by atoms with E-state index < -0.39 is 17.7 Å². The zero-order valence-electron chi connectivity index (χ0n) is 15.4. The first-order valence-electron chi connectivity index (χ1n) is 9.25. The number of fused-ring (bicyclic) bond motifs is 1. The van der Waals surface area contributed by atoms with Crippen LogP contribution in [0.2, 0.25) is 0 Å². The van der Waals surface area contributed by atoms with Crippen molar-refractivity contribution >= 4 is 11.8 Å². The monoisotopic (exact) mass is 406 g/mol. The van der Waals surface area contributed by atoms with Crippen molar-refractivity contribution in [2.45, 2.75) is 24.9 Å². The molecule has 1 unspecified atom stereocenters. The Hall–Kier alpha value is -2.90. The van der Waals surface area contributed by atoms with Gasteiger partial charge in [-0.2, -0.15) is 13.2 Å². The van der Waals surface area contributed by atoms with Gasteiger partial charge in [-0.3, -0.25) is 9.59 Å². The van der Waals surface area contributed by atoms with Gasteiger partial charge in [-0.05, 0) is 47.8 Å². The Bertz CT molecular complexity index is 944. The van der Waals surface area contributed by atoms with Crippen LogP contribution in [0.3, 0.4) is 0 Å². The van der Waals surface area contributed by atoms with Crippen molar-refractivity contribution < 1.29 is 27.2 Å². The van der Waals surface area contributed by atoms with E-state index >= 15 is 0 Å². The molecule has 0 radical (unpaired) electrons. The SMILES string of the molecule is O=C(CN1CCC(c2ccc(F)cc2)C1=O)N1C=C2CC=C(C(F)(F)F)C=C2C1. The molecular weight excluding hydrogens is 388 g/mol. The summed E-state index contributed by atoms with van der Waals surface area (Å²) in [5.74, 6) is -1.33. The molecule has 8 heteroatoms. The minimum Gasteiger partial charge on any atom is -0.333 e. The number of carbonyl (C=O) groups excluding carboxylic acids is 2. The summed E-state index contributed by atoms with van der Waals surface area (Å²) in [7, 11) is 0. The molecule has 2 heterocycles. The van der Waals surface area contributed by atoms with Crippen molar-refractivity contribution in [1.29, 1.82) is 0 Å². The molecule has 2 amide bonds. The van der Waals surface area contributed by atoms with E-state index in [1.54, 1.807) is 18.3 Å². The van der Waals surface area contributed by atoms with Gasteiger partial charge in [-0.1, -0.05) is 18.2 Å². The van der Waals surface area contributed by atoms with Gasteiger partial charge in [0.25, 0.3) is 0 Å². The van der Waals surface area contributed by atoms with Crippen molar-refractivity contribution in [3.8, 4) is 0 Å². The molecule has 4 nitrogen and oxygen atoms in total. The molecule has 0 bridgehead atoms. The smallest absolute Gasteiger partial charge is 0.333 e. The van der Waals surface area contributed by atoms with Crippen LogP contribution in [0.4, 0.5) is 17.6 Å². The lowest BCUT2D eigenvalue weighted by atomic mass is 9.96. The molecule has 1 aromatic carbocycles. The molecule has 0 spiro atoms. The molecule has 0 N–H and O–H groups in total. The van der Waals surface area contributed by atoms with E-state index in [2.05, 4.69) is 0 Å². The van der Waals surface area contributed by atoms with E-state index in [0.29, 0.717) is 29.7 Å². The average Bonchev–Trinajstić information content (AvgIpc) is 3.25. The van der Waals surface area contributed by atoms with Crippen LogP contribution < -0.4 is 0 Å². The van der Waals surface area contributed by atoms with Crippen LogP contribution in [-0.2, 0) is 9.59 Å². The molecule has 152 valence electrons. The van der Waals surface area contributed by atoms with Crippen molar-refractivity contribution in [3.63, 3.8) is 0 Å². The summed E-state index contributed by atoms with van der Waals surface area (Å²) in [5.41, 5.74) is 1.17. The second-order valence-electron chi connectivity index (χ2n) is 7.36. The highest BCUT2D eigenvalue weighted by Crippen LogP contribution is 2.36. The number of hydrogen-bond donors (Lipinski definition) is 0. The quantitative estimate of drug-likeness (QED) is 0.719. The fourth-order valence-electron chi connectivity index (χ4n) is 3.90. The van der Waals surface area contributed by atoms with E-state index in [9.17, 15) is 27.2 Å². The average molecular weight is 406 g/mol. The highest BCUT2D eigenvalue weighted by molar-refractivity contribution is 5.90. The Labute approximate surface area is 164 Å². The minimum absolute atomic E-state index is 0.0744. The summed E-state index contributed by atoms with van der Waals surface area (Å²) in [6.07, 6.45) is 0.000490. The lowest BCUT2D eigenvalue weighted by molar-refractivity contribution is -0.137. The second kappa shape index (κ2) is 7.17. The van der Waals surface area contributed by atoms with Crippen molar-refractivity contribution in [3.05, 3.63) is 70.7 Å². The molecule has 0 aromatic heterocycles. The van der Waals surface area contributed by atoms with Gasteiger partial charge < -0.3 is 9.80 Å². The van der Waals surface area contributed by atoms with Crippen LogP contribution in [-0.4, -0.2) is 47.4 Å². The van der Waals surface area contributed by atoms with Gasteiger partial charge in [0, 0.05) is 12.7 Å². The Morgan fingerprint density at radius 3 is 2.55 bits per heavy atom. The van der Waals surface area contributed by atoms with Crippen LogP contribution in [0.1, 0.15) is 24.3 Å². The summed E-state index contributed by atoms with van der Waals surface area (Å²) in [4.78, 5) is 28.1. The Balaban J connectivity index is 1.39. The predicted molar refractivity (Wildman–Crippen MR) is 97.0 cm³/mol. The Morgan fingerprint density at radius 1 is 1.14 bits per heavy atom. The van der Waals surface area contributed by atoms with Gasteiger partial charge in [0.2, 0.25) is 11.8 Å². The lowest BCUT2D eigenvalue weighted by Crippen LogP contribution is -2.38. The molecule has 1 atom stereocenters. The fourth-order valence-corrected chi connectivity index (χ4v) is 3.90. The zero-order chi connectivity index (χ0) is 20.8. The maximum Gasteiger partial charge on any atom is 0.416 e. The molecule has 3 aliphatic rings. The Kier molecular flexibility index (Phi) is 4.80. The van der Waals surface area contributed by atoms with Crippen molar-refractivity contribution in [2.24, 2.45) is 0 Å². The maximum absolute atomic E-state index is 13.1. The van der Waals surface area contributed by atoms with Crippen LogP contribution in [0.25, 0.3) is 0 Å². The number of benzene rings is 1. The van der Waals surface area contributed by atoms with E-state index in [-0.39, 0.29) is 37.1 Å². The molecule has 4 rings (SSSR count). The number of nitrogens with zero attached hydrogens (tertiary/aromatic N) is 2. The zero-order valence-corrected chi connectivity index (χ0v) is 15.4. The van der Waals surface area contributed by atoms with E-state index in [0.717, 1.165) is 12.2 Å². The Morgan fingerprint density at radius 2 is 1.86 bits per heavy atom. The molecule has 1 fully saturated rings. The molecular formula is C21H18F4N2O2. The van der Waals surface area contributed by atoms with Gasteiger partial charge in [-0.25, -0.2) is 4.39 Å². The molecule has 1 saturated heterocycles. The highest BCUT2D eigenvalue weighted by Gasteiger charge is 2.37. The number of allylic oxidation sites excluding steroid dienone is 3. The van der Waals surface area contributed by atoms with Gasteiger partial charge in [-0.15, -0.1) is 0 Å². The topological polar surface area (TPSA) is 40.6 Å². The number of hydrogen-bond acceptors (Lipinski definition) is 2. The van der Waals surface area contributed by atoms with Gasteiger partial charge in [0.05, 0.1) is 18.0 Å². The molecule has 0 saturated carbocycles. The number of likely N-dealkylation sites (tertiary alicyclic amines) is 1. The van der Waals surface area contributed by atoms with E-state index in [1.165, 1.54) is 21.9 Å². The minimum atomic E-state index is -4.41. The highest BCUT2D eigenvalue weighted by atomic mass is 19.4. The molecule has 2 aliphatic heterocycles. The van der Waals surface area contributed by atoms with E-state index in [1.807, 2.05) is 0 Å². The van der Waals surface area contributed by atoms with E-state index in [4.69, 9.17) is 0 Å². The number of amides is 2. The third kappa shape index (κ3) is 3.83. The van der Waals surface area contributed by atoms with Crippen molar-refractivity contribution in [2.75, 3.05) is 19.6 Å². The fraction of sp³-hybridized carbons (Fsp3) is 0.333. The first kappa shape index (κ1) is 19.4. The largest absolute Gasteiger partial charge is 0.416 e. The summed E-state index contributed by atoms with van der Waals surface area (Å²) in [6, 6.07) is 5.73. The van der Waals surface area contributed by atoms with Crippen molar-refractivity contribution in [1.82, 2.24) is 9.80 Å². The second-order valence-corrected chi connectivity index (χ2v) is 7.36. The van der Waals surface area contributed by atoms with Crippen LogP contribution in [0.15, 0.2) is 59.3 Å². The number of halogens is 4. The summed E-state index contributed by atoms with van der Waals surface area (Å²) in [6.45, 7) is 0.345. The lowest BCUT2D eigenvalue weighted by Gasteiger charge is -2.20. The van der Waals surface area contributed by atoms with Gasteiger partial charge >= 0.3 is 6.18 Å². The summed E-state index contributed by atoms with van der Waals surface area (Å²) < 4.78 is 51.8. The maximum atomic E-state index is 13.1. The third-order valence-corrected chi connectivity index (χ3v) is 5.48. The molecule has 1 aromatic rings. The first-order valence-corrected chi connectivity index (χ1v) is 9.25. The van der Waals surface area contributed by atoms with Crippen LogP contribution in [0, 0.1) is 5.82 Å². The normalized spacial score (nSPS) is 21.7. The standard InChI is InChI=1S/C21H18F4N2O2/c22-17-5-2-13(3-6-17)18-7-8-26(20(18)29)12-19(28)27-10-14-1-4-16(21(23,24)25)9-15(14)11-27/h2-6,9-10,18H,1,7-8,11-12H2.